The third kappa shape index (κ3) is 2.33. The summed E-state index contributed by atoms with van der Waals surface area (Å²) in [6, 6.07) is 16.3. The van der Waals surface area contributed by atoms with Crippen molar-refractivity contribution in [2.24, 2.45) is 0 Å². The van der Waals surface area contributed by atoms with E-state index in [9.17, 15) is 4.79 Å². The molecule has 2 heteroatoms. The lowest BCUT2D eigenvalue weighted by Crippen LogP contribution is -2.20. The summed E-state index contributed by atoms with van der Waals surface area (Å²) >= 11 is 1.64. The van der Waals surface area contributed by atoms with Gasteiger partial charge in [-0.2, -0.15) is 0 Å². The van der Waals surface area contributed by atoms with E-state index in [1.807, 2.05) is 30.5 Å². The molecule has 0 bridgehead atoms. The lowest BCUT2D eigenvalue weighted by atomic mass is 9.74. The molecule has 0 radical (unpaired) electrons. The molecule has 96 valence electrons. The van der Waals surface area contributed by atoms with Crippen molar-refractivity contribution in [3.8, 4) is 0 Å². The summed E-state index contributed by atoms with van der Waals surface area (Å²) < 4.78 is 0. The summed E-state index contributed by atoms with van der Waals surface area (Å²) in [5.41, 5.74) is 3.63. The molecule has 0 saturated heterocycles. The molecular formula is C17H16OS. The van der Waals surface area contributed by atoms with Crippen LogP contribution in [0.1, 0.15) is 33.8 Å². The number of hydrogen-bond donors (Lipinski definition) is 0. The van der Waals surface area contributed by atoms with Gasteiger partial charge in [0.05, 0.1) is 0 Å². The van der Waals surface area contributed by atoms with Crippen molar-refractivity contribution in [1.82, 2.24) is 0 Å². The minimum absolute atomic E-state index is 0.268. The largest absolute Gasteiger partial charge is 0.294 e. The summed E-state index contributed by atoms with van der Waals surface area (Å²) in [5, 5.41) is 0. The summed E-state index contributed by atoms with van der Waals surface area (Å²) in [7, 11) is 0. The van der Waals surface area contributed by atoms with Crippen LogP contribution in [0.4, 0.5) is 0 Å². The summed E-state index contributed by atoms with van der Waals surface area (Å²) in [4.78, 5) is 13.5. The fourth-order valence-electron chi connectivity index (χ4n) is 2.75. The van der Waals surface area contributed by atoms with Gasteiger partial charge < -0.3 is 0 Å². The molecule has 0 aromatic heterocycles. The first kappa shape index (κ1) is 12.5. The van der Waals surface area contributed by atoms with E-state index in [1.54, 1.807) is 11.8 Å². The highest BCUT2D eigenvalue weighted by Gasteiger charge is 2.28. The van der Waals surface area contributed by atoms with Crippen molar-refractivity contribution in [2.45, 2.75) is 23.7 Å². The van der Waals surface area contributed by atoms with Gasteiger partial charge in [-0.15, -0.1) is 11.8 Å². The number of hydrogen-bond acceptors (Lipinski definition) is 2. The highest BCUT2D eigenvalue weighted by Crippen LogP contribution is 2.38. The van der Waals surface area contributed by atoms with Crippen molar-refractivity contribution in [3.63, 3.8) is 0 Å². The summed E-state index contributed by atoms with van der Waals surface area (Å²) in [6.07, 6.45) is 3.70. The molecule has 0 fully saturated rings. The number of carbonyl (C=O) groups excluding carboxylic acids is 1. The number of carbonyl (C=O) groups is 1. The number of benzene rings is 2. The molecule has 1 nitrogen and oxygen atoms in total. The van der Waals surface area contributed by atoms with Crippen LogP contribution in [-0.4, -0.2) is 12.0 Å². The van der Waals surface area contributed by atoms with E-state index in [-0.39, 0.29) is 5.78 Å². The third-order valence-electron chi connectivity index (χ3n) is 3.80. The first-order chi connectivity index (χ1) is 9.29. The van der Waals surface area contributed by atoms with Crippen LogP contribution in [0.2, 0.25) is 0 Å². The fraction of sp³-hybridized carbons (Fsp3) is 0.235. The van der Waals surface area contributed by atoms with E-state index in [2.05, 4.69) is 24.3 Å². The summed E-state index contributed by atoms with van der Waals surface area (Å²) in [5.74, 6) is 0.683. The predicted octanol–water partition coefficient (Wildman–Crippen LogP) is 4.32. The molecule has 0 spiro atoms. The SMILES string of the molecule is CSc1ccccc1C(=O)CC1Cc2ccccc21. The Morgan fingerprint density at radius 1 is 1.16 bits per heavy atom. The summed E-state index contributed by atoms with van der Waals surface area (Å²) in [6.45, 7) is 0. The average molecular weight is 268 g/mol. The first-order valence-corrected chi connectivity index (χ1v) is 7.76. The number of rotatable bonds is 4. The van der Waals surface area contributed by atoms with Crippen LogP contribution in [0.25, 0.3) is 0 Å². The van der Waals surface area contributed by atoms with E-state index in [0.29, 0.717) is 12.3 Å². The Morgan fingerprint density at radius 2 is 1.89 bits per heavy atom. The number of fused-ring (bicyclic) bond motifs is 1. The quantitative estimate of drug-likeness (QED) is 0.606. The minimum atomic E-state index is 0.268. The molecule has 1 aliphatic carbocycles. The topological polar surface area (TPSA) is 17.1 Å². The molecule has 0 N–H and O–H groups in total. The highest BCUT2D eigenvalue weighted by atomic mass is 32.2. The predicted molar refractivity (Wildman–Crippen MR) is 80.1 cm³/mol. The molecular weight excluding hydrogens is 252 g/mol. The van der Waals surface area contributed by atoms with Gasteiger partial charge in [0, 0.05) is 16.9 Å². The maximum atomic E-state index is 12.4. The molecule has 1 atom stereocenters. The van der Waals surface area contributed by atoms with Crippen molar-refractivity contribution in [1.29, 1.82) is 0 Å². The van der Waals surface area contributed by atoms with Gasteiger partial charge >= 0.3 is 0 Å². The maximum absolute atomic E-state index is 12.4. The molecule has 0 heterocycles. The van der Waals surface area contributed by atoms with Crippen LogP contribution >= 0.6 is 11.8 Å². The van der Waals surface area contributed by atoms with Gasteiger partial charge in [0.25, 0.3) is 0 Å². The van der Waals surface area contributed by atoms with Gasteiger partial charge in [0.2, 0.25) is 0 Å². The molecule has 1 aliphatic rings. The van der Waals surface area contributed by atoms with Gasteiger partial charge in [-0.25, -0.2) is 0 Å². The average Bonchev–Trinajstić information content (AvgIpc) is 2.44. The van der Waals surface area contributed by atoms with Crippen molar-refractivity contribution < 1.29 is 4.79 Å². The zero-order valence-corrected chi connectivity index (χ0v) is 11.7. The normalized spacial score (nSPS) is 16.6. The van der Waals surface area contributed by atoms with Gasteiger partial charge in [-0.3, -0.25) is 4.79 Å². The molecule has 1 unspecified atom stereocenters. The standard InChI is InChI=1S/C17H16OS/c1-19-17-9-5-4-8-15(17)16(18)11-13-10-12-6-2-3-7-14(12)13/h2-9,13H,10-11H2,1H3. The van der Waals surface area contributed by atoms with Gasteiger partial charge in [-0.1, -0.05) is 42.5 Å². The highest BCUT2D eigenvalue weighted by molar-refractivity contribution is 7.98. The van der Waals surface area contributed by atoms with Crippen LogP contribution in [0.15, 0.2) is 53.4 Å². The second-order valence-electron chi connectivity index (χ2n) is 4.93. The zero-order valence-electron chi connectivity index (χ0n) is 10.9. The fourth-order valence-corrected chi connectivity index (χ4v) is 3.37. The lowest BCUT2D eigenvalue weighted by Gasteiger charge is -2.29. The molecule has 3 rings (SSSR count). The minimum Gasteiger partial charge on any atom is -0.294 e. The van der Waals surface area contributed by atoms with E-state index in [1.165, 1.54) is 11.1 Å². The molecule has 0 aliphatic heterocycles. The Hall–Kier alpha value is -1.54. The molecule has 0 saturated carbocycles. The Labute approximate surface area is 118 Å². The van der Waals surface area contributed by atoms with Crippen LogP contribution in [0.5, 0.6) is 0 Å². The van der Waals surface area contributed by atoms with Gasteiger partial charge in [0.15, 0.2) is 5.78 Å². The lowest BCUT2D eigenvalue weighted by molar-refractivity contribution is 0.0967. The Balaban J connectivity index is 1.77. The second-order valence-corrected chi connectivity index (χ2v) is 5.78. The van der Waals surface area contributed by atoms with Gasteiger partial charge in [0.1, 0.15) is 0 Å². The van der Waals surface area contributed by atoms with Crippen molar-refractivity contribution in [3.05, 3.63) is 65.2 Å². The molecule has 2 aromatic rings. The van der Waals surface area contributed by atoms with Crippen LogP contribution in [0, 0.1) is 0 Å². The number of ketones is 1. The first-order valence-electron chi connectivity index (χ1n) is 6.53. The molecule has 2 aromatic carbocycles. The van der Waals surface area contributed by atoms with Crippen LogP contribution < -0.4 is 0 Å². The molecule has 19 heavy (non-hydrogen) atoms. The molecule has 0 amide bonds. The Kier molecular flexibility index (Phi) is 3.43. The number of thioether (sulfide) groups is 1. The van der Waals surface area contributed by atoms with Crippen LogP contribution in [-0.2, 0) is 6.42 Å². The second kappa shape index (κ2) is 5.22. The van der Waals surface area contributed by atoms with Crippen molar-refractivity contribution >= 4 is 17.5 Å². The monoisotopic (exact) mass is 268 g/mol. The van der Waals surface area contributed by atoms with Crippen LogP contribution in [0.3, 0.4) is 0 Å². The van der Waals surface area contributed by atoms with Crippen molar-refractivity contribution in [2.75, 3.05) is 6.26 Å². The van der Waals surface area contributed by atoms with Gasteiger partial charge in [-0.05, 0) is 35.8 Å². The van der Waals surface area contributed by atoms with E-state index < -0.39 is 0 Å². The third-order valence-corrected chi connectivity index (χ3v) is 4.60. The maximum Gasteiger partial charge on any atom is 0.164 e. The zero-order chi connectivity index (χ0) is 13.2. The smallest absolute Gasteiger partial charge is 0.164 e. The van der Waals surface area contributed by atoms with E-state index >= 15 is 0 Å². The van der Waals surface area contributed by atoms with E-state index in [4.69, 9.17) is 0 Å². The Bertz CT molecular complexity index is 618. The number of Topliss-reactive ketones (excluding diaryl/α,β-unsaturated/α-hetero) is 1. The Morgan fingerprint density at radius 3 is 2.68 bits per heavy atom. The van der Waals surface area contributed by atoms with E-state index in [0.717, 1.165) is 16.9 Å².